The molecule has 4 heterocycles. The van der Waals surface area contributed by atoms with Gasteiger partial charge in [-0.25, -0.2) is 4.98 Å². The Labute approximate surface area is 162 Å². The first kappa shape index (κ1) is 17.4. The van der Waals surface area contributed by atoms with Crippen molar-refractivity contribution in [1.29, 1.82) is 0 Å². The molecule has 2 fully saturated rings. The SMILES string of the molecule is Cn1nc(C(=O)NC2CC2)c2c1CC1(CCN(C(=O)c3cocn3)CC1)OC2. The van der Waals surface area contributed by atoms with E-state index in [1.54, 1.807) is 4.90 Å². The zero-order chi connectivity index (χ0) is 19.3. The quantitative estimate of drug-likeness (QED) is 0.847. The third-order valence-corrected chi connectivity index (χ3v) is 6.03. The highest BCUT2D eigenvalue weighted by atomic mass is 16.5. The predicted octanol–water partition coefficient (Wildman–Crippen LogP) is 1.05. The number of fused-ring (bicyclic) bond motifs is 1. The molecule has 2 aromatic rings. The molecule has 0 radical (unpaired) electrons. The van der Waals surface area contributed by atoms with Crippen molar-refractivity contribution in [1.82, 2.24) is 25.0 Å². The second kappa shape index (κ2) is 6.44. The molecule has 28 heavy (non-hydrogen) atoms. The number of ether oxygens (including phenoxy) is 1. The third-order valence-electron chi connectivity index (χ3n) is 6.03. The first-order valence-corrected chi connectivity index (χ1v) is 9.72. The Balaban J connectivity index is 1.29. The molecule has 1 saturated heterocycles. The lowest BCUT2D eigenvalue weighted by Gasteiger charge is -2.43. The number of piperidine rings is 1. The Hall–Kier alpha value is -2.68. The number of hydrogen-bond donors (Lipinski definition) is 1. The number of amides is 2. The van der Waals surface area contributed by atoms with Crippen LogP contribution in [0.4, 0.5) is 0 Å². The summed E-state index contributed by atoms with van der Waals surface area (Å²) >= 11 is 0. The Kier molecular flexibility index (Phi) is 4.01. The molecule has 9 heteroatoms. The number of carbonyl (C=O) groups excluding carboxylic acids is 2. The largest absolute Gasteiger partial charge is 0.451 e. The van der Waals surface area contributed by atoms with Crippen LogP contribution in [0.3, 0.4) is 0 Å². The standard InChI is InChI=1S/C19H23N5O4/c1-23-15-8-19(4-6-24(7-5-19)18(26)14-10-27-11-20-14)28-9-13(15)16(22-23)17(25)21-12-2-3-12/h10-12H,2-9H2,1H3,(H,21,25). The Bertz CT molecular complexity index is 907. The highest BCUT2D eigenvalue weighted by Crippen LogP contribution is 2.37. The van der Waals surface area contributed by atoms with E-state index in [9.17, 15) is 9.59 Å². The highest BCUT2D eigenvalue weighted by molar-refractivity contribution is 5.94. The topological polar surface area (TPSA) is 102 Å². The molecule has 148 valence electrons. The van der Waals surface area contributed by atoms with Gasteiger partial charge in [0.25, 0.3) is 11.8 Å². The summed E-state index contributed by atoms with van der Waals surface area (Å²) in [5, 5.41) is 7.48. The number of nitrogens with one attached hydrogen (secondary N) is 1. The number of nitrogens with zero attached hydrogens (tertiary/aromatic N) is 4. The van der Waals surface area contributed by atoms with Crippen molar-refractivity contribution < 1.29 is 18.7 Å². The molecule has 3 aliphatic rings. The lowest BCUT2D eigenvalue weighted by Crippen LogP contribution is -2.50. The second-order valence-electron chi connectivity index (χ2n) is 7.96. The molecule has 0 atom stereocenters. The summed E-state index contributed by atoms with van der Waals surface area (Å²) < 4.78 is 13.0. The molecule has 1 saturated carbocycles. The number of aromatic nitrogens is 3. The van der Waals surface area contributed by atoms with E-state index in [1.165, 1.54) is 12.7 Å². The summed E-state index contributed by atoms with van der Waals surface area (Å²) in [4.78, 5) is 30.7. The van der Waals surface area contributed by atoms with E-state index in [1.807, 2.05) is 11.7 Å². The molecule has 0 aromatic carbocycles. The van der Waals surface area contributed by atoms with Gasteiger partial charge < -0.3 is 19.4 Å². The summed E-state index contributed by atoms with van der Waals surface area (Å²) in [5.74, 6) is -0.216. The van der Waals surface area contributed by atoms with Crippen molar-refractivity contribution in [2.24, 2.45) is 7.05 Å². The number of carbonyl (C=O) groups is 2. The summed E-state index contributed by atoms with van der Waals surface area (Å²) in [6.07, 6.45) is 6.92. The van der Waals surface area contributed by atoms with E-state index >= 15 is 0 Å². The molecule has 2 aliphatic heterocycles. The lowest BCUT2D eigenvalue weighted by atomic mass is 9.83. The second-order valence-corrected chi connectivity index (χ2v) is 7.96. The minimum absolute atomic E-state index is 0.105. The molecule has 1 aliphatic carbocycles. The van der Waals surface area contributed by atoms with Crippen LogP contribution < -0.4 is 5.32 Å². The van der Waals surface area contributed by atoms with Crippen LogP contribution >= 0.6 is 0 Å². The van der Waals surface area contributed by atoms with Crippen LogP contribution in [-0.4, -0.2) is 56.2 Å². The van der Waals surface area contributed by atoms with E-state index in [4.69, 9.17) is 9.15 Å². The van der Waals surface area contributed by atoms with E-state index in [2.05, 4.69) is 15.4 Å². The fourth-order valence-corrected chi connectivity index (χ4v) is 4.14. The first-order chi connectivity index (χ1) is 13.5. The molecule has 1 spiro atoms. The normalized spacial score (nSPS) is 20.8. The van der Waals surface area contributed by atoms with Gasteiger partial charge in [-0.05, 0) is 25.7 Å². The number of hydrogen-bond acceptors (Lipinski definition) is 6. The fraction of sp³-hybridized carbons (Fsp3) is 0.579. The number of oxazole rings is 1. The zero-order valence-corrected chi connectivity index (χ0v) is 15.8. The number of likely N-dealkylation sites (tertiary alicyclic amines) is 1. The molecule has 0 bridgehead atoms. The molecule has 0 unspecified atom stereocenters. The summed E-state index contributed by atoms with van der Waals surface area (Å²) in [7, 11) is 1.88. The van der Waals surface area contributed by atoms with Gasteiger partial charge in [0, 0.05) is 43.9 Å². The van der Waals surface area contributed by atoms with Gasteiger partial charge in [-0.15, -0.1) is 0 Å². The molecule has 5 rings (SSSR count). The van der Waals surface area contributed by atoms with Gasteiger partial charge in [0.15, 0.2) is 17.8 Å². The molecule has 2 aromatic heterocycles. The Morgan fingerprint density at radius 2 is 2.07 bits per heavy atom. The van der Waals surface area contributed by atoms with Gasteiger partial charge in [0.1, 0.15) is 6.26 Å². The Morgan fingerprint density at radius 3 is 2.75 bits per heavy atom. The van der Waals surface area contributed by atoms with Crippen molar-refractivity contribution in [2.45, 2.75) is 50.4 Å². The van der Waals surface area contributed by atoms with Crippen LogP contribution in [0.25, 0.3) is 0 Å². The van der Waals surface area contributed by atoms with Gasteiger partial charge in [-0.1, -0.05) is 0 Å². The maximum Gasteiger partial charge on any atom is 0.275 e. The van der Waals surface area contributed by atoms with Gasteiger partial charge in [-0.3, -0.25) is 14.3 Å². The fourth-order valence-electron chi connectivity index (χ4n) is 4.14. The summed E-state index contributed by atoms with van der Waals surface area (Å²) in [6, 6.07) is 0.299. The van der Waals surface area contributed by atoms with Crippen molar-refractivity contribution >= 4 is 11.8 Å². The van der Waals surface area contributed by atoms with Crippen LogP contribution in [0.1, 0.15) is 57.9 Å². The third kappa shape index (κ3) is 2.99. The van der Waals surface area contributed by atoms with E-state index < -0.39 is 0 Å². The molecular weight excluding hydrogens is 362 g/mol. The summed E-state index contributed by atoms with van der Waals surface area (Å²) in [6.45, 7) is 1.59. The molecular formula is C19H23N5O4. The van der Waals surface area contributed by atoms with Gasteiger partial charge in [0.2, 0.25) is 0 Å². The van der Waals surface area contributed by atoms with E-state index in [0.29, 0.717) is 43.5 Å². The van der Waals surface area contributed by atoms with Crippen LogP contribution in [0.2, 0.25) is 0 Å². The summed E-state index contributed by atoms with van der Waals surface area (Å²) in [5.41, 5.74) is 2.46. The monoisotopic (exact) mass is 385 g/mol. The van der Waals surface area contributed by atoms with Crippen molar-refractivity contribution in [3.63, 3.8) is 0 Å². The van der Waals surface area contributed by atoms with Gasteiger partial charge in [-0.2, -0.15) is 5.10 Å². The maximum atomic E-state index is 12.5. The maximum absolute atomic E-state index is 12.5. The van der Waals surface area contributed by atoms with Crippen LogP contribution in [0.5, 0.6) is 0 Å². The minimum Gasteiger partial charge on any atom is -0.451 e. The molecule has 1 N–H and O–H groups in total. The van der Waals surface area contributed by atoms with Crippen LogP contribution in [-0.2, 0) is 24.8 Å². The molecule has 2 amide bonds. The Morgan fingerprint density at radius 1 is 1.29 bits per heavy atom. The van der Waals surface area contributed by atoms with Crippen molar-refractivity contribution in [3.05, 3.63) is 35.3 Å². The van der Waals surface area contributed by atoms with Gasteiger partial charge >= 0.3 is 0 Å². The van der Waals surface area contributed by atoms with Gasteiger partial charge in [0.05, 0.1) is 12.2 Å². The van der Waals surface area contributed by atoms with E-state index in [-0.39, 0.29) is 17.4 Å². The van der Waals surface area contributed by atoms with Crippen LogP contribution in [0.15, 0.2) is 17.1 Å². The van der Waals surface area contributed by atoms with E-state index in [0.717, 1.165) is 36.9 Å². The smallest absolute Gasteiger partial charge is 0.275 e. The number of aryl methyl sites for hydroxylation is 1. The van der Waals surface area contributed by atoms with Crippen molar-refractivity contribution in [3.8, 4) is 0 Å². The lowest BCUT2D eigenvalue weighted by molar-refractivity contribution is -0.0990. The average molecular weight is 385 g/mol. The highest BCUT2D eigenvalue weighted by Gasteiger charge is 2.43. The average Bonchev–Trinajstić information content (AvgIpc) is 3.23. The van der Waals surface area contributed by atoms with Crippen LogP contribution in [0, 0.1) is 0 Å². The zero-order valence-electron chi connectivity index (χ0n) is 15.8. The first-order valence-electron chi connectivity index (χ1n) is 9.72. The van der Waals surface area contributed by atoms with Crippen molar-refractivity contribution in [2.75, 3.05) is 13.1 Å². The number of rotatable bonds is 3. The predicted molar refractivity (Wildman–Crippen MR) is 96.6 cm³/mol. The molecule has 9 nitrogen and oxygen atoms in total. The minimum atomic E-state index is -0.314.